The van der Waals surface area contributed by atoms with Crippen molar-refractivity contribution in [3.05, 3.63) is 29.8 Å². The number of benzene rings is 1. The van der Waals surface area contributed by atoms with Crippen LogP contribution in [0.1, 0.15) is 39.2 Å². The van der Waals surface area contributed by atoms with E-state index in [1.807, 2.05) is 24.3 Å². The molecule has 0 aliphatic carbocycles. The second-order valence-corrected chi connectivity index (χ2v) is 7.28. The normalized spacial score (nSPS) is 11.7. The van der Waals surface area contributed by atoms with Crippen molar-refractivity contribution in [2.75, 3.05) is 23.7 Å². The Bertz CT molecular complexity index is 582. The highest BCUT2D eigenvalue weighted by atomic mass is 32.2. The molecule has 0 radical (unpaired) electrons. The van der Waals surface area contributed by atoms with Gasteiger partial charge >= 0.3 is 0 Å². The van der Waals surface area contributed by atoms with Gasteiger partial charge in [0.15, 0.2) is 0 Å². The molecule has 0 heterocycles. The van der Waals surface area contributed by atoms with Gasteiger partial charge in [0.25, 0.3) is 0 Å². The van der Waals surface area contributed by atoms with E-state index in [0.29, 0.717) is 6.54 Å². The highest BCUT2D eigenvalue weighted by molar-refractivity contribution is 7.89. The third-order valence-corrected chi connectivity index (χ3v) is 4.67. The van der Waals surface area contributed by atoms with E-state index in [0.717, 1.165) is 11.3 Å². The smallest absolute Gasteiger partial charge is 0.223 e. The zero-order valence-corrected chi connectivity index (χ0v) is 13.9. The Morgan fingerprint density at radius 3 is 2.43 bits per heavy atom. The minimum absolute atomic E-state index is 0.0374. The van der Waals surface area contributed by atoms with Crippen LogP contribution in [0.25, 0.3) is 0 Å². The number of para-hydroxylation sites is 1. The standard InChI is InChI=1S/C15H24N2O3S/c1-5-21(19,20)16-10-11-17(13(4)18)15-9-7-6-8-14(15)12(2)3/h6-9,12,16H,5,10-11H2,1-4H3. The molecule has 6 heteroatoms. The SMILES string of the molecule is CCS(=O)(=O)NCCN(C(C)=O)c1ccccc1C(C)C. The number of amides is 1. The van der Waals surface area contributed by atoms with Crippen LogP contribution >= 0.6 is 0 Å². The van der Waals surface area contributed by atoms with Gasteiger partial charge < -0.3 is 4.90 Å². The van der Waals surface area contributed by atoms with Crippen molar-refractivity contribution in [3.63, 3.8) is 0 Å². The van der Waals surface area contributed by atoms with Crippen LogP contribution in [-0.2, 0) is 14.8 Å². The number of nitrogens with zero attached hydrogens (tertiary/aromatic N) is 1. The van der Waals surface area contributed by atoms with Gasteiger partial charge in [-0.15, -0.1) is 0 Å². The number of carbonyl (C=O) groups excluding carboxylic acids is 1. The van der Waals surface area contributed by atoms with Crippen molar-refractivity contribution in [3.8, 4) is 0 Å². The van der Waals surface area contributed by atoms with E-state index in [9.17, 15) is 13.2 Å². The number of carbonyl (C=O) groups is 1. The summed E-state index contributed by atoms with van der Waals surface area (Å²) in [6, 6.07) is 7.71. The molecule has 0 saturated heterocycles. The molecule has 1 N–H and O–H groups in total. The van der Waals surface area contributed by atoms with Crippen molar-refractivity contribution < 1.29 is 13.2 Å². The summed E-state index contributed by atoms with van der Waals surface area (Å²) in [5, 5.41) is 0. The highest BCUT2D eigenvalue weighted by Gasteiger charge is 2.17. The maximum Gasteiger partial charge on any atom is 0.223 e. The van der Waals surface area contributed by atoms with Gasteiger partial charge in [0.05, 0.1) is 5.75 Å². The highest BCUT2D eigenvalue weighted by Crippen LogP contribution is 2.27. The Morgan fingerprint density at radius 1 is 1.29 bits per heavy atom. The van der Waals surface area contributed by atoms with Crippen LogP contribution in [-0.4, -0.2) is 33.2 Å². The number of sulfonamides is 1. The first kappa shape index (κ1) is 17.7. The lowest BCUT2D eigenvalue weighted by Gasteiger charge is -2.25. The average Bonchev–Trinajstić information content (AvgIpc) is 2.43. The average molecular weight is 312 g/mol. The predicted octanol–water partition coefficient (Wildman–Crippen LogP) is 2.10. The van der Waals surface area contributed by atoms with Crippen molar-refractivity contribution >= 4 is 21.6 Å². The lowest BCUT2D eigenvalue weighted by atomic mass is 10.0. The summed E-state index contributed by atoms with van der Waals surface area (Å²) in [5.74, 6) is 0.226. The number of anilines is 1. The van der Waals surface area contributed by atoms with Crippen LogP contribution < -0.4 is 9.62 Å². The van der Waals surface area contributed by atoms with Crippen molar-refractivity contribution in [2.45, 2.75) is 33.6 Å². The third kappa shape index (κ3) is 5.13. The summed E-state index contributed by atoms with van der Waals surface area (Å²) in [4.78, 5) is 13.5. The Hall–Kier alpha value is -1.40. The summed E-state index contributed by atoms with van der Waals surface area (Å²) < 4.78 is 25.4. The van der Waals surface area contributed by atoms with Crippen molar-refractivity contribution in [2.24, 2.45) is 0 Å². The molecule has 0 spiro atoms. The fraction of sp³-hybridized carbons (Fsp3) is 0.533. The van der Waals surface area contributed by atoms with Gasteiger partial charge in [0.1, 0.15) is 0 Å². The molecule has 5 nitrogen and oxygen atoms in total. The summed E-state index contributed by atoms with van der Waals surface area (Å²) in [7, 11) is -3.24. The summed E-state index contributed by atoms with van der Waals surface area (Å²) in [5.41, 5.74) is 1.92. The maximum atomic E-state index is 11.9. The van der Waals surface area contributed by atoms with E-state index >= 15 is 0 Å². The quantitative estimate of drug-likeness (QED) is 0.838. The second-order valence-electron chi connectivity index (χ2n) is 5.18. The molecule has 1 amide bonds. The molecule has 0 aromatic heterocycles. The first-order valence-electron chi connectivity index (χ1n) is 7.13. The Kier molecular flexibility index (Phi) is 6.36. The Labute approximate surface area is 127 Å². The zero-order valence-electron chi connectivity index (χ0n) is 13.1. The van der Waals surface area contributed by atoms with Crippen molar-refractivity contribution in [1.82, 2.24) is 4.72 Å². The fourth-order valence-corrected chi connectivity index (χ4v) is 2.69. The molecule has 0 saturated carbocycles. The van der Waals surface area contributed by atoms with Crippen molar-refractivity contribution in [1.29, 1.82) is 0 Å². The van der Waals surface area contributed by atoms with Gasteiger partial charge in [-0.3, -0.25) is 4.79 Å². The molecular weight excluding hydrogens is 288 g/mol. The van der Waals surface area contributed by atoms with Crippen LogP contribution in [0.4, 0.5) is 5.69 Å². The zero-order chi connectivity index (χ0) is 16.0. The predicted molar refractivity (Wildman–Crippen MR) is 86.0 cm³/mol. The lowest BCUT2D eigenvalue weighted by molar-refractivity contribution is -0.116. The molecule has 0 unspecified atom stereocenters. The minimum atomic E-state index is -3.24. The number of hydrogen-bond donors (Lipinski definition) is 1. The van der Waals surface area contributed by atoms with Gasteiger partial charge in [-0.25, -0.2) is 13.1 Å². The second kappa shape index (κ2) is 7.56. The minimum Gasteiger partial charge on any atom is -0.311 e. The van der Waals surface area contributed by atoms with E-state index in [2.05, 4.69) is 18.6 Å². The fourth-order valence-electron chi connectivity index (χ4n) is 2.08. The lowest BCUT2D eigenvalue weighted by Crippen LogP contribution is -2.38. The van der Waals surface area contributed by atoms with Gasteiger partial charge in [0.2, 0.25) is 15.9 Å². The number of hydrogen-bond acceptors (Lipinski definition) is 3. The number of rotatable bonds is 7. The van der Waals surface area contributed by atoms with Crippen LogP contribution in [0.5, 0.6) is 0 Å². The molecule has 0 aliphatic heterocycles. The molecule has 1 aromatic carbocycles. The molecular formula is C15H24N2O3S. The molecule has 118 valence electrons. The van der Waals surface area contributed by atoms with Crippen LogP contribution in [0.2, 0.25) is 0 Å². The van der Waals surface area contributed by atoms with E-state index in [4.69, 9.17) is 0 Å². The third-order valence-electron chi connectivity index (χ3n) is 3.27. The molecule has 0 fully saturated rings. The Balaban J connectivity index is 2.91. The summed E-state index contributed by atoms with van der Waals surface area (Å²) in [6.45, 7) is 7.74. The van der Waals surface area contributed by atoms with Crippen LogP contribution in [0, 0.1) is 0 Å². The summed E-state index contributed by atoms with van der Waals surface area (Å²) in [6.07, 6.45) is 0. The number of nitrogens with one attached hydrogen (secondary N) is 1. The van der Waals surface area contributed by atoms with E-state index in [-0.39, 0.29) is 24.1 Å². The van der Waals surface area contributed by atoms with Gasteiger partial charge in [-0.05, 0) is 24.5 Å². The van der Waals surface area contributed by atoms with Gasteiger partial charge in [-0.1, -0.05) is 32.0 Å². The topological polar surface area (TPSA) is 66.5 Å². The first-order chi connectivity index (χ1) is 9.78. The molecule has 1 rings (SSSR count). The largest absolute Gasteiger partial charge is 0.311 e. The van der Waals surface area contributed by atoms with E-state index < -0.39 is 10.0 Å². The first-order valence-corrected chi connectivity index (χ1v) is 8.78. The van der Waals surface area contributed by atoms with Gasteiger partial charge in [-0.2, -0.15) is 0 Å². The van der Waals surface area contributed by atoms with Crippen LogP contribution in [0.3, 0.4) is 0 Å². The molecule has 1 aromatic rings. The van der Waals surface area contributed by atoms with E-state index in [1.165, 1.54) is 6.92 Å². The molecule has 0 aliphatic rings. The van der Waals surface area contributed by atoms with Gasteiger partial charge in [0, 0.05) is 25.7 Å². The monoisotopic (exact) mass is 312 g/mol. The van der Waals surface area contributed by atoms with E-state index in [1.54, 1.807) is 11.8 Å². The molecule has 0 bridgehead atoms. The van der Waals surface area contributed by atoms with Crippen LogP contribution in [0.15, 0.2) is 24.3 Å². The molecule has 21 heavy (non-hydrogen) atoms. The summed E-state index contributed by atoms with van der Waals surface area (Å²) >= 11 is 0. The maximum absolute atomic E-state index is 11.9. The Morgan fingerprint density at radius 2 is 1.90 bits per heavy atom. The molecule has 0 atom stereocenters.